The zero-order chi connectivity index (χ0) is 14.7. The van der Waals surface area contributed by atoms with Crippen LogP contribution in [0.1, 0.15) is 53.8 Å². The molecule has 1 heterocycles. The summed E-state index contributed by atoms with van der Waals surface area (Å²) >= 11 is 0. The molecule has 0 N–H and O–H groups in total. The Kier molecular flexibility index (Phi) is 4.17. The molecule has 0 spiro atoms. The second-order valence-electron chi connectivity index (χ2n) is 4.80. The highest BCUT2D eigenvalue weighted by atomic mass is 16.7. The van der Waals surface area contributed by atoms with Gasteiger partial charge in [0.2, 0.25) is 0 Å². The molecule has 1 aliphatic heterocycles. The van der Waals surface area contributed by atoms with Crippen LogP contribution in [0.2, 0.25) is 0 Å². The summed E-state index contributed by atoms with van der Waals surface area (Å²) in [4.78, 5) is 40.7. The van der Waals surface area contributed by atoms with Gasteiger partial charge in [-0.05, 0) is 18.1 Å². The van der Waals surface area contributed by atoms with Crippen LogP contribution in [0.15, 0.2) is 24.3 Å². The zero-order valence-electron chi connectivity index (χ0n) is 11.6. The van der Waals surface area contributed by atoms with Crippen LogP contribution in [-0.4, -0.2) is 22.8 Å². The molecule has 0 atom stereocenters. The maximum atomic E-state index is 12.0. The van der Waals surface area contributed by atoms with Crippen LogP contribution in [0.3, 0.4) is 0 Å². The fourth-order valence-electron chi connectivity index (χ4n) is 2.20. The predicted octanol–water partition coefficient (Wildman–Crippen LogP) is 2.57. The maximum Gasteiger partial charge on any atom is 0.333 e. The van der Waals surface area contributed by atoms with Crippen molar-refractivity contribution in [3.8, 4) is 0 Å². The largest absolute Gasteiger partial charge is 0.333 e. The number of fused-ring (bicyclic) bond motifs is 1. The van der Waals surface area contributed by atoms with Crippen molar-refractivity contribution < 1.29 is 19.2 Å². The first-order valence-electron chi connectivity index (χ1n) is 6.77. The van der Waals surface area contributed by atoms with E-state index in [0.717, 1.165) is 12.8 Å². The average molecular weight is 275 g/mol. The van der Waals surface area contributed by atoms with E-state index in [9.17, 15) is 14.4 Å². The fraction of sp³-hybridized carbons (Fsp3) is 0.400. The van der Waals surface area contributed by atoms with Gasteiger partial charge in [0.25, 0.3) is 11.8 Å². The molecule has 106 valence electrons. The number of hydroxylamine groups is 2. The van der Waals surface area contributed by atoms with E-state index in [1.54, 1.807) is 24.3 Å². The highest BCUT2D eigenvalue weighted by molar-refractivity contribution is 6.20. The van der Waals surface area contributed by atoms with E-state index in [1.807, 2.05) is 13.8 Å². The standard InChI is InChI=1S/C15H17NO4/c1-3-10(4-2)9-13(17)20-16-14(18)11-7-5-6-8-12(11)15(16)19/h5-8,10H,3-4,9H2,1-2H3. The minimum atomic E-state index is -0.580. The summed E-state index contributed by atoms with van der Waals surface area (Å²) in [6.45, 7) is 3.98. The summed E-state index contributed by atoms with van der Waals surface area (Å²) in [7, 11) is 0. The number of hydrogen-bond donors (Lipinski definition) is 0. The normalized spacial score (nSPS) is 13.8. The Morgan fingerprint density at radius 2 is 1.60 bits per heavy atom. The molecule has 0 radical (unpaired) electrons. The van der Waals surface area contributed by atoms with Gasteiger partial charge >= 0.3 is 5.97 Å². The SMILES string of the molecule is CCC(CC)CC(=O)ON1C(=O)c2ccccc2C1=O. The van der Waals surface area contributed by atoms with Gasteiger partial charge < -0.3 is 4.84 Å². The fourth-order valence-corrected chi connectivity index (χ4v) is 2.20. The third kappa shape index (κ3) is 2.57. The van der Waals surface area contributed by atoms with Gasteiger partial charge in [-0.2, -0.15) is 0 Å². The number of amides is 2. The lowest BCUT2D eigenvalue weighted by molar-refractivity contribution is -0.169. The lowest BCUT2D eigenvalue weighted by atomic mass is 10.00. The number of rotatable bonds is 5. The third-order valence-electron chi connectivity index (χ3n) is 3.56. The van der Waals surface area contributed by atoms with Crippen LogP contribution in [0.25, 0.3) is 0 Å². The molecule has 0 unspecified atom stereocenters. The predicted molar refractivity (Wildman–Crippen MR) is 71.7 cm³/mol. The van der Waals surface area contributed by atoms with Gasteiger partial charge in [-0.3, -0.25) is 9.59 Å². The van der Waals surface area contributed by atoms with Crippen LogP contribution in [0.5, 0.6) is 0 Å². The maximum absolute atomic E-state index is 12.0. The van der Waals surface area contributed by atoms with E-state index in [2.05, 4.69) is 0 Å². The molecule has 2 amide bonds. The summed E-state index contributed by atoms with van der Waals surface area (Å²) in [5.74, 6) is -1.50. The van der Waals surface area contributed by atoms with Crippen molar-refractivity contribution in [3.63, 3.8) is 0 Å². The van der Waals surface area contributed by atoms with Crippen LogP contribution in [0, 0.1) is 5.92 Å². The van der Waals surface area contributed by atoms with Crippen LogP contribution >= 0.6 is 0 Å². The molecule has 0 bridgehead atoms. The van der Waals surface area contributed by atoms with Gasteiger partial charge in [-0.1, -0.05) is 43.9 Å². The second-order valence-corrected chi connectivity index (χ2v) is 4.80. The summed E-state index contributed by atoms with van der Waals surface area (Å²) in [5, 5.41) is 0.565. The molecule has 0 saturated heterocycles. The lowest BCUT2D eigenvalue weighted by Crippen LogP contribution is -2.33. The first-order chi connectivity index (χ1) is 9.58. The van der Waals surface area contributed by atoms with Gasteiger partial charge in [0.15, 0.2) is 0 Å². The Balaban J connectivity index is 2.07. The number of imide groups is 1. The van der Waals surface area contributed by atoms with Crippen molar-refractivity contribution in [1.29, 1.82) is 0 Å². The van der Waals surface area contributed by atoms with E-state index < -0.39 is 17.8 Å². The molecular weight excluding hydrogens is 258 g/mol. The first-order valence-corrected chi connectivity index (χ1v) is 6.77. The second kappa shape index (κ2) is 5.86. The van der Waals surface area contributed by atoms with E-state index in [4.69, 9.17) is 4.84 Å². The van der Waals surface area contributed by atoms with Crippen molar-refractivity contribution in [2.24, 2.45) is 5.92 Å². The van der Waals surface area contributed by atoms with Crippen LogP contribution in [-0.2, 0) is 9.63 Å². The molecule has 1 aromatic rings. The van der Waals surface area contributed by atoms with E-state index in [-0.39, 0.29) is 23.5 Å². The lowest BCUT2D eigenvalue weighted by Gasteiger charge is -2.15. The molecule has 0 aromatic heterocycles. The number of carbonyl (C=O) groups is 3. The van der Waals surface area contributed by atoms with Gasteiger partial charge in [0, 0.05) is 0 Å². The quantitative estimate of drug-likeness (QED) is 0.775. The molecule has 2 rings (SSSR count). The molecule has 1 aromatic carbocycles. The number of carbonyl (C=O) groups excluding carboxylic acids is 3. The van der Waals surface area contributed by atoms with Crippen molar-refractivity contribution in [2.45, 2.75) is 33.1 Å². The summed E-state index contributed by atoms with van der Waals surface area (Å²) in [6, 6.07) is 6.42. The van der Waals surface area contributed by atoms with Crippen LogP contribution in [0.4, 0.5) is 0 Å². The summed E-state index contributed by atoms with van der Waals surface area (Å²) in [5.41, 5.74) is 0.542. The Morgan fingerprint density at radius 3 is 2.05 bits per heavy atom. The highest BCUT2D eigenvalue weighted by Crippen LogP contribution is 2.23. The molecule has 0 fully saturated rings. The smallest absolute Gasteiger partial charge is 0.330 e. The van der Waals surface area contributed by atoms with Gasteiger partial charge in [-0.15, -0.1) is 0 Å². The molecule has 1 aliphatic rings. The summed E-state index contributed by atoms with van der Waals surface area (Å²) < 4.78 is 0. The Bertz CT molecular complexity index is 514. The molecule has 5 nitrogen and oxygen atoms in total. The molecule has 0 saturated carbocycles. The first kappa shape index (κ1) is 14.2. The molecule has 20 heavy (non-hydrogen) atoms. The number of nitrogens with zero attached hydrogens (tertiary/aromatic N) is 1. The van der Waals surface area contributed by atoms with Crippen molar-refractivity contribution in [1.82, 2.24) is 5.06 Å². The summed E-state index contributed by atoms with van der Waals surface area (Å²) in [6.07, 6.45) is 1.92. The van der Waals surface area contributed by atoms with Crippen molar-refractivity contribution in [3.05, 3.63) is 35.4 Å². The van der Waals surface area contributed by atoms with Crippen molar-refractivity contribution >= 4 is 17.8 Å². The molecular formula is C15H17NO4. The number of benzene rings is 1. The van der Waals surface area contributed by atoms with E-state index in [0.29, 0.717) is 5.06 Å². The average Bonchev–Trinajstić information content (AvgIpc) is 2.70. The van der Waals surface area contributed by atoms with Crippen molar-refractivity contribution in [2.75, 3.05) is 0 Å². The topological polar surface area (TPSA) is 63.7 Å². The molecule has 0 aliphatic carbocycles. The minimum absolute atomic E-state index is 0.206. The van der Waals surface area contributed by atoms with Gasteiger partial charge in [-0.25, -0.2) is 4.79 Å². The Labute approximate surface area is 117 Å². The van der Waals surface area contributed by atoms with Gasteiger partial charge in [0.05, 0.1) is 17.5 Å². The van der Waals surface area contributed by atoms with Gasteiger partial charge in [0.1, 0.15) is 0 Å². The Morgan fingerprint density at radius 1 is 1.10 bits per heavy atom. The highest BCUT2D eigenvalue weighted by Gasteiger charge is 2.38. The molecule has 5 heteroatoms. The van der Waals surface area contributed by atoms with Crippen LogP contribution < -0.4 is 0 Å². The number of hydrogen-bond acceptors (Lipinski definition) is 4. The minimum Gasteiger partial charge on any atom is -0.330 e. The third-order valence-corrected chi connectivity index (χ3v) is 3.56. The van der Waals surface area contributed by atoms with E-state index in [1.165, 1.54) is 0 Å². The van der Waals surface area contributed by atoms with E-state index >= 15 is 0 Å². The Hall–Kier alpha value is -2.17. The monoisotopic (exact) mass is 275 g/mol. The zero-order valence-corrected chi connectivity index (χ0v) is 11.6.